The van der Waals surface area contributed by atoms with Crippen LogP contribution in [0.5, 0.6) is 0 Å². The van der Waals surface area contributed by atoms with Gasteiger partial charge in [-0.25, -0.2) is 4.39 Å². The summed E-state index contributed by atoms with van der Waals surface area (Å²) in [6, 6.07) is 4.74. The molecule has 0 radical (unpaired) electrons. The molecule has 1 aromatic heterocycles. The Morgan fingerprint density at radius 3 is 2.75 bits per heavy atom. The normalized spacial score (nSPS) is 14.9. The highest BCUT2D eigenvalue weighted by Crippen LogP contribution is 2.23. The number of anilines is 1. The number of hydrogen-bond acceptors (Lipinski definition) is 3. The fourth-order valence-electron chi connectivity index (χ4n) is 2.91. The summed E-state index contributed by atoms with van der Waals surface area (Å²) in [6.45, 7) is 2.82. The molecular formula is C17H20ClFN4O. The molecule has 2 aromatic rings. The van der Waals surface area contributed by atoms with Crippen LogP contribution in [-0.4, -0.2) is 47.2 Å². The van der Waals surface area contributed by atoms with Crippen molar-refractivity contribution in [1.82, 2.24) is 15.1 Å². The summed E-state index contributed by atoms with van der Waals surface area (Å²) < 4.78 is 13.2. The van der Waals surface area contributed by atoms with Gasteiger partial charge in [0.05, 0.1) is 11.2 Å². The molecule has 3 rings (SSSR count). The summed E-state index contributed by atoms with van der Waals surface area (Å²) in [5.41, 5.74) is 2.02. The lowest BCUT2D eigenvalue weighted by atomic mass is 10.1. The van der Waals surface area contributed by atoms with Crippen LogP contribution in [0.3, 0.4) is 0 Å². The van der Waals surface area contributed by atoms with E-state index in [0.717, 1.165) is 37.2 Å². The Balaban J connectivity index is 1.45. The highest BCUT2D eigenvalue weighted by atomic mass is 35.5. The van der Waals surface area contributed by atoms with E-state index in [-0.39, 0.29) is 10.9 Å². The smallest absolute Gasteiger partial charge is 0.222 e. The number of piperazine rings is 1. The van der Waals surface area contributed by atoms with Gasteiger partial charge in [0.15, 0.2) is 0 Å². The Labute approximate surface area is 145 Å². The molecule has 5 nitrogen and oxygen atoms in total. The van der Waals surface area contributed by atoms with Crippen LogP contribution in [0.15, 0.2) is 30.6 Å². The molecule has 128 valence electrons. The Morgan fingerprint density at radius 2 is 2.08 bits per heavy atom. The summed E-state index contributed by atoms with van der Waals surface area (Å²) in [5.74, 6) is -0.220. The molecule has 1 aromatic carbocycles. The lowest BCUT2D eigenvalue weighted by Gasteiger charge is -2.36. The maximum atomic E-state index is 13.2. The Bertz CT molecular complexity index is 684. The third kappa shape index (κ3) is 4.06. The summed E-state index contributed by atoms with van der Waals surface area (Å²) in [5, 5.41) is 6.80. The average molecular weight is 351 g/mol. The third-order valence-electron chi connectivity index (χ3n) is 4.31. The van der Waals surface area contributed by atoms with E-state index in [4.69, 9.17) is 11.6 Å². The Kier molecular flexibility index (Phi) is 5.35. The predicted octanol–water partition coefficient (Wildman–Crippen LogP) is 2.87. The van der Waals surface area contributed by atoms with E-state index in [1.54, 1.807) is 18.3 Å². The molecule has 0 aliphatic carbocycles. The van der Waals surface area contributed by atoms with E-state index in [0.29, 0.717) is 19.5 Å². The molecule has 24 heavy (non-hydrogen) atoms. The maximum Gasteiger partial charge on any atom is 0.222 e. The van der Waals surface area contributed by atoms with E-state index in [1.165, 1.54) is 6.07 Å². The molecule has 2 heterocycles. The van der Waals surface area contributed by atoms with E-state index in [1.807, 2.05) is 11.1 Å². The van der Waals surface area contributed by atoms with Crippen LogP contribution in [-0.2, 0) is 11.2 Å². The number of nitrogens with zero attached hydrogens (tertiary/aromatic N) is 3. The molecule has 1 fully saturated rings. The average Bonchev–Trinajstić information content (AvgIpc) is 3.11. The number of carbonyl (C=O) groups excluding carboxylic acids is 1. The SMILES string of the molecule is O=C(CCCc1cn[nH]c1)N1CCN(c2ccc(F)c(Cl)c2)CC1. The van der Waals surface area contributed by atoms with Gasteiger partial charge in [-0.2, -0.15) is 5.10 Å². The van der Waals surface area contributed by atoms with E-state index >= 15 is 0 Å². The van der Waals surface area contributed by atoms with Crippen LogP contribution in [0, 0.1) is 5.82 Å². The van der Waals surface area contributed by atoms with Crippen molar-refractivity contribution in [3.63, 3.8) is 0 Å². The first-order valence-corrected chi connectivity index (χ1v) is 8.47. The minimum atomic E-state index is -0.410. The molecular weight excluding hydrogens is 331 g/mol. The van der Waals surface area contributed by atoms with Crippen molar-refractivity contribution in [1.29, 1.82) is 0 Å². The minimum Gasteiger partial charge on any atom is -0.368 e. The number of aromatic amines is 1. The molecule has 7 heteroatoms. The standard InChI is InChI=1S/C17H20ClFN4O/c18-15-10-14(4-5-16(15)19)22-6-8-23(9-7-22)17(24)3-1-2-13-11-20-21-12-13/h4-5,10-12H,1-3,6-9H2,(H,20,21). The van der Waals surface area contributed by atoms with Crippen LogP contribution in [0.4, 0.5) is 10.1 Å². The number of aromatic nitrogens is 2. The van der Waals surface area contributed by atoms with Gasteiger partial charge in [0.25, 0.3) is 0 Å². The number of nitrogens with one attached hydrogen (secondary N) is 1. The van der Waals surface area contributed by atoms with Gasteiger partial charge in [0, 0.05) is 44.5 Å². The summed E-state index contributed by atoms with van der Waals surface area (Å²) in [6.07, 6.45) is 5.88. The number of aryl methyl sites for hydroxylation is 1. The van der Waals surface area contributed by atoms with Gasteiger partial charge < -0.3 is 9.80 Å². The fraction of sp³-hybridized carbons (Fsp3) is 0.412. The van der Waals surface area contributed by atoms with Crippen molar-refractivity contribution in [2.45, 2.75) is 19.3 Å². The first-order chi connectivity index (χ1) is 11.6. The third-order valence-corrected chi connectivity index (χ3v) is 4.60. The highest BCUT2D eigenvalue weighted by Gasteiger charge is 2.21. The van der Waals surface area contributed by atoms with Crippen molar-refractivity contribution in [2.24, 2.45) is 0 Å². The van der Waals surface area contributed by atoms with Crippen molar-refractivity contribution < 1.29 is 9.18 Å². The molecule has 0 atom stereocenters. The molecule has 1 N–H and O–H groups in total. The quantitative estimate of drug-likeness (QED) is 0.902. The number of carbonyl (C=O) groups is 1. The van der Waals surface area contributed by atoms with Gasteiger partial charge in [-0.15, -0.1) is 0 Å². The zero-order valence-electron chi connectivity index (χ0n) is 13.3. The fourth-order valence-corrected chi connectivity index (χ4v) is 3.09. The van der Waals surface area contributed by atoms with Crippen LogP contribution < -0.4 is 4.90 Å². The van der Waals surface area contributed by atoms with Crippen LogP contribution >= 0.6 is 11.6 Å². The van der Waals surface area contributed by atoms with Crippen LogP contribution in [0.1, 0.15) is 18.4 Å². The predicted molar refractivity (Wildman–Crippen MR) is 91.7 cm³/mol. The molecule has 1 amide bonds. The van der Waals surface area contributed by atoms with Gasteiger partial charge >= 0.3 is 0 Å². The first-order valence-electron chi connectivity index (χ1n) is 8.09. The summed E-state index contributed by atoms with van der Waals surface area (Å²) >= 11 is 5.84. The van der Waals surface area contributed by atoms with Crippen molar-refractivity contribution >= 4 is 23.2 Å². The minimum absolute atomic E-state index is 0.130. The van der Waals surface area contributed by atoms with Crippen molar-refractivity contribution in [2.75, 3.05) is 31.1 Å². The van der Waals surface area contributed by atoms with Crippen molar-refractivity contribution in [3.05, 3.63) is 47.0 Å². The van der Waals surface area contributed by atoms with Gasteiger partial charge in [0.2, 0.25) is 5.91 Å². The molecule has 1 aliphatic rings. The largest absolute Gasteiger partial charge is 0.368 e. The number of H-pyrrole nitrogens is 1. The second-order valence-electron chi connectivity index (χ2n) is 5.93. The molecule has 0 saturated carbocycles. The van der Waals surface area contributed by atoms with Crippen LogP contribution in [0.2, 0.25) is 5.02 Å². The Morgan fingerprint density at radius 1 is 1.29 bits per heavy atom. The molecule has 0 unspecified atom stereocenters. The number of rotatable bonds is 5. The van der Waals surface area contributed by atoms with E-state index in [2.05, 4.69) is 15.1 Å². The zero-order valence-corrected chi connectivity index (χ0v) is 14.1. The Hall–Kier alpha value is -2.08. The van der Waals surface area contributed by atoms with E-state index in [9.17, 15) is 9.18 Å². The monoisotopic (exact) mass is 350 g/mol. The van der Waals surface area contributed by atoms with Crippen LogP contribution in [0.25, 0.3) is 0 Å². The zero-order chi connectivity index (χ0) is 16.9. The maximum absolute atomic E-state index is 13.2. The van der Waals surface area contributed by atoms with Gasteiger partial charge in [-0.05, 0) is 36.6 Å². The number of halogens is 2. The summed E-state index contributed by atoms with van der Waals surface area (Å²) in [4.78, 5) is 16.3. The second-order valence-corrected chi connectivity index (χ2v) is 6.33. The molecule has 0 spiro atoms. The van der Waals surface area contributed by atoms with E-state index < -0.39 is 5.82 Å². The molecule has 1 aliphatic heterocycles. The van der Waals surface area contributed by atoms with Gasteiger partial charge in [-0.3, -0.25) is 9.89 Å². The number of amides is 1. The number of benzene rings is 1. The second kappa shape index (κ2) is 7.66. The first kappa shape index (κ1) is 16.8. The number of hydrogen-bond donors (Lipinski definition) is 1. The topological polar surface area (TPSA) is 52.2 Å². The summed E-state index contributed by atoms with van der Waals surface area (Å²) in [7, 11) is 0. The van der Waals surface area contributed by atoms with Gasteiger partial charge in [-0.1, -0.05) is 11.6 Å². The van der Waals surface area contributed by atoms with Gasteiger partial charge in [0.1, 0.15) is 5.82 Å². The lowest BCUT2D eigenvalue weighted by Crippen LogP contribution is -2.48. The highest BCUT2D eigenvalue weighted by molar-refractivity contribution is 6.31. The lowest BCUT2D eigenvalue weighted by molar-refractivity contribution is -0.131. The van der Waals surface area contributed by atoms with Crippen molar-refractivity contribution in [3.8, 4) is 0 Å². The molecule has 1 saturated heterocycles. The molecule has 0 bridgehead atoms.